The Hall–Kier alpha value is -2.88. The fourth-order valence-electron chi connectivity index (χ4n) is 3.84. The fourth-order valence-corrected chi connectivity index (χ4v) is 3.84. The van der Waals surface area contributed by atoms with Gasteiger partial charge in [-0.25, -0.2) is 4.68 Å². The second-order valence-corrected chi connectivity index (χ2v) is 6.96. The van der Waals surface area contributed by atoms with Gasteiger partial charge < -0.3 is 4.74 Å². The van der Waals surface area contributed by atoms with Crippen LogP contribution in [0.15, 0.2) is 48.5 Å². The molecule has 0 radical (unpaired) electrons. The zero-order valence-electron chi connectivity index (χ0n) is 15.3. The van der Waals surface area contributed by atoms with E-state index < -0.39 is 0 Å². The van der Waals surface area contributed by atoms with Gasteiger partial charge in [0.05, 0.1) is 29.7 Å². The first-order valence-electron chi connectivity index (χ1n) is 8.89. The standard InChI is InChI=1S/C22H22N2O2/c1-14-5-4-6-18(11-14)24-20-12-17(13-21(25)22(20)15(2)23-24)16-7-9-19(26-3)10-8-16/h4-11,17H,12-13H2,1-3H3/t17-/m1/s1. The Morgan fingerprint density at radius 3 is 2.54 bits per heavy atom. The number of Topliss-reactive ketones (excluding diaryl/α,β-unsaturated/α-hetero) is 1. The van der Waals surface area contributed by atoms with Crippen LogP contribution in [0.5, 0.6) is 5.75 Å². The van der Waals surface area contributed by atoms with Gasteiger partial charge in [0.2, 0.25) is 0 Å². The van der Waals surface area contributed by atoms with Gasteiger partial charge in [-0.3, -0.25) is 4.79 Å². The third-order valence-corrected chi connectivity index (χ3v) is 5.14. The highest BCUT2D eigenvalue weighted by molar-refractivity contribution is 6.00. The van der Waals surface area contributed by atoms with Crippen LogP contribution < -0.4 is 4.74 Å². The predicted octanol–water partition coefficient (Wildman–Crippen LogP) is 4.41. The van der Waals surface area contributed by atoms with E-state index in [9.17, 15) is 4.79 Å². The number of nitrogens with zero attached hydrogens (tertiary/aromatic N) is 2. The van der Waals surface area contributed by atoms with E-state index in [2.05, 4.69) is 36.3 Å². The smallest absolute Gasteiger partial charge is 0.167 e. The number of ether oxygens (including phenoxy) is 1. The lowest BCUT2D eigenvalue weighted by molar-refractivity contribution is 0.0963. The summed E-state index contributed by atoms with van der Waals surface area (Å²) in [6, 6.07) is 16.3. The van der Waals surface area contributed by atoms with Gasteiger partial charge in [0.1, 0.15) is 5.75 Å². The largest absolute Gasteiger partial charge is 0.497 e. The number of benzene rings is 2. The number of rotatable bonds is 3. The number of ketones is 1. The van der Waals surface area contributed by atoms with Gasteiger partial charge in [-0.2, -0.15) is 5.10 Å². The molecule has 0 fully saturated rings. The summed E-state index contributed by atoms with van der Waals surface area (Å²) in [5.41, 5.74) is 6.00. The molecule has 1 heterocycles. The molecule has 0 spiro atoms. The van der Waals surface area contributed by atoms with Crippen molar-refractivity contribution in [2.75, 3.05) is 7.11 Å². The van der Waals surface area contributed by atoms with E-state index in [0.717, 1.165) is 34.8 Å². The van der Waals surface area contributed by atoms with Crippen molar-refractivity contribution in [2.45, 2.75) is 32.6 Å². The van der Waals surface area contributed by atoms with Crippen LogP contribution in [0.2, 0.25) is 0 Å². The number of hydrogen-bond acceptors (Lipinski definition) is 3. The third kappa shape index (κ3) is 2.81. The van der Waals surface area contributed by atoms with Gasteiger partial charge in [-0.1, -0.05) is 24.3 Å². The monoisotopic (exact) mass is 346 g/mol. The number of methoxy groups -OCH3 is 1. The summed E-state index contributed by atoms with van der Waals surface area (Å²) in [5.74, 6) is 1.18. The van der Waals surface area contributed by atoms with Gasteiger partial charge in [-0.05, 0) is 61.6 Å². The highest BCUT2D eigenvalue weighted by Gasteiger charge is 2.32. The summed E-state index contributed by atoms with van der Waals surface area (Å²) >= 11 is 0. The van der Waals surface area contributed by atoms with Crippen molar-refractivity contribution in [1.82, 2.24) is 9.78 Å². The number of carbonyl (C=O) groups excluding carboxylic acids is 1. The molecule has 1 atom stereocenters. The maximum Gasteiger partial charge on any atom is 0.167 e. The molecule has 26 heavy (non-hydrogen) atoms. The summed E-state index contributed by atoms with van der Waals surface area (Å²) in [7, 11) is 1.66. The highest BCUT2D eigenvalue weighted by atomic mass is 16.5. The molecule has 0 amide bonds. The van der Waals surface area contributed by atoms with Gasteiger partial charge in [0.15, 0.2) is 5.78 Å². The van der Waals surface area contributed by atoms with Gasteiger partial charge >= 0.3 is 0 Å². The van der Waals surface area contributed by atoms with Crippen LogP contribution in [0, 0.1) is 13.8 Å². The molecular weight excluding hydrogens is 324 g/mol. The normalized spacial score (nSPS) is 16.4. The number of aromatic nitrogens is 2. The van der Waals surface area contributed by atoms with E-state index >= 15 is 0 Å². The SMILES string of the molecule is COc1ccc([C@H]2CC(=O)c3c(C)nn(-c4cccc(C)c4)c3C2)cc1. The maximum atomic E-state index is 12.8. The van der Waals surface area contributed by atoms with Crippen LogP contribution in [0.1, 0.15) is 45.2 Å². The molecule has 4 nitrogen and oxygen atoms in total. The molecule has 0 N–H and O–H groups in total. The molecule has 1 aliphatic rings. The average Bonchev–Trinajstić information content (AvgIpc) is 2.99. The van der Waals surface area contributed by atoms with Crippen molar-refractivity contribution in [3.63, 3.8) is 0 Å². The first-order chi connectivity index (χ1) is 12.6. The van der Waals surface area contributed by atoms with E-state index in [1.807, 2.05) is 35.9 Å². The number of hydrogen-bond donors (Lipinski definition) is 0. The van der Waals surface area contributed by atoms with Crippen LogP contribution >= 0.6 is 0 Å². The Morgan fingerprint density at radius 1 is 1.08 bits per heavy atom. The Balaban J connectivity index is 1.76. The molecule has 0 aliphatic heterocycles. The minimum atomic E-state index is 0.167. The molecule has 2 aromatic carbocycles. The lowest BCUT2D eigenvalue weighted by atomic mass is 9.81. The molecule has 1 aromatic heterocycles. The Labute approximate surface area is 153 Å². The minimum absolute atomic E-state index is 0.167. The molecule has 0 saturated carbocycles. The Kier molecular flexibility index (Phi) is 4.11. The second-order valence-electron chi connectivity index (χ2n) is 6.96. The summed E-state index contributed by atoms with van der Waals surface area (Å²) in [6.45, 7) is 3.99. The quantitative estimate of drug-likeness (QED) is 0.705. The zero-order chi connectivity index (χ0) is 18.3. The Bertz CT molecular complexity index is 970. The lowest BCUT2D eigenvalue weighted by Crippen LogP contribution is -2.20. The van der Waals surface area contributed by atoms with Crippen molar-refractivity contribution in [2.24, 2.45) is 0 Å². The van der Waals surface area contributed by atoms with Crippen LogP contribution in [0.4, 0.5) is 0 Å². The maximum absolute atomic E-state index is 12.8. The van der Waals surface area contributed by atoms with Crippen LogP contribution in [-0.4, -0.2) is 22.7 Å². The van der Waals surface area contributed by atoms with Crippen molar-refractivity contribution < 1.29 is 9.53 Å². The molecule has 1 aliphatic carbocycles. The van der Waals surface area contributed by atoms with E-state index in [4.69, 9.17) is 4.74 Å². The van der Waals surface area contributed by atoms with Crippen molar-refractivity contribution in [3.05, 3.63) is 76.6 Å². The van der Waals surface area contributed by atoms with Crippen LogP contribution in [0.3, 0.4) is 0 Å². The highest BCUT2D eigenvalue weighted by Crippen LogP contribution is 2.35. The van der Waals surface area contributed by atoms with E-state index in [1.54, 1.807) is 7.11 Å². The topological polar surface area (TPSA) is 44.1 Å². The number of fused-ring (bicyclic) bond motifs is 1. The molecule has 4 heteroatoms. The summed E-state index contributed by atoms with van der Waals surface area (Å²) in [5, 5.41) is 4.69. The predicted molar refractivity (Wildman–Crippen MR) is 101 cm³/mol. The van der Waals surface area contributed by atoms with Gasteiger partial charge in [-0.15, -0.1) is 0 Å². The lowest BCUT2D eigenvalue weighted by Gasteiger charge is -2.23. The van der Waals surface area contributed by atoms with Crippen molar-refractivity contribution in [3.8, 4) is 11.4 Å². The molecular formula is C22H22N2O2. The minimum Gasteiger partial charge on any atom is -0.497 e. The number of aryl methyl sites for hydroxylation is 2. The van der Waals surface area contributed by atoms with E-state index in [-0.39, 0.29) is 11.7 Å². The fraction of sp³-hybridized carbons (Fsp3) is 0.273. The third-order valence-electron chi connectivity index (χ3n) is 5.14. The molecule has 3 aromatic rings. The first-order valence-corrected chi connectivity index (χ1v) is 8.89. The van der Waals surface area contributed by atoms with Gasteiger partial charge in [0.25, 0.3) is 0 Å². The van der Waals surface area contributed by atoms with Crippen LogP contribution in [-0.2, 0) is 6.42 Å². The summed E-state index contributed by atoms with van der Waals surface area (Å²) in [6.07, 6.45) is 1.34. The van der Waals surface area contributed by atoms with Crippen LogP contribution in [0.25, 0.3) is 5.69 Å². The second kappa shape index (κ2) is 6.45. The van der Waals surface area contributed by atoms with E-state index in [1.165, 1.54) is 11.1 Å². The number of carbonyl (C=O) groups is 1. The average molecular weight is 346 g/mol. The van der Waals surface area contributed by atoms with E-state index in [0.29, 0.717) is 6.42 Å². The molecule has 132 valence electrons. The molecule has 0 unspecified atom stereocenters. The molecule has 0 bridgehead atoms. The zero-order valence-corrected chi connectivity index (χ0v) is 15.3. The summed E-state index contributed by atoms with van der Waals surface area (Å²) < 4.78 is 7.19. The van der Waals surface area contributed by atoms with Crippen molar-refractivity contribution >= 4 is 5.78 Å². The van der Waals surface area contributed by atoms with Gasteiger partial charge in [0, 0.05) is 6.42 Å². The molecule has 0 saturated heterocycles. The summed E-state index contributed by atoms with van der Waals surface area (Å²) in [4.78, 5) is 12.8. The molecule has 4 rings (SSSR count). The first kappa shape index (κ1) is 16.6. The Morgan fingerprint density at radius 2 is 1.85 bits per heavy atom. The van der Waals surface area contributed by atoms with Crippen molar-refractivity contribution in [1.29, 1.82) is 0 Å².